The van der Waals surface area contributed by atoms with Crippen LogP contribution in [0.3, 0.4) is 0 Å². The van der Waals surface area contributed by atoms with Crippen LogP contribution in [0.5, 0.6) is 0 Å². The maximum atomic E-state index is 4.31. The van der Waals surface area contributed by atoms with Gasteiger partial charge >= 0.3 is 0 Å². The summed E-state index contributed by atoms with van der Waals surface area (Å²) < 4.78 is 0. The van der Waals surface area contributed by atoms with Crippen molar-refractivity contribution in [3.8, 4) is 0 Å². The number of aromatic nitrogens is 1. The smallest absolute Gasteiger partial charge is 0.129 e. The lowest BCUT2D eigenvalue weighted by Crippen LogP contribution is -2.18. The highest BCUT2D eigenvalue weighted by Crippen LogP contribution is 2.13. The fourth-order valence-electron chi connectivity index (χ4n) is 1.64. The minimum Gasteiger partial charge on any atom is -0.367 e. The Morgan fingerprint density at radius 3 is 2.64 bits per heavy atom. The van der Waals surface area contributed by atoms with E-state index in [-0.39, 0.29) is 0 Å². The van der Waals surface area contributed by atoms with Crippen LogP contribution in [0.2, 0.25) is 0 Å². The summed E-state index contributed by atoms with van der Waals surface area (Å²) in [5, 5.41) is 3.43. The zero-order valence-electron chi connectivity index (χ0n) is 9.54. The van der Waals surface area contributed by atoms with Crippen molar-refractivity contribution in [3.05, 3.63) is 23.9 Å². The normalized spacial score (nSPS) is 12.9. The van der Waals surface area contributed by atoms with E-state index in [1.54, 1.807) is 0 Å². The van der Waals surface area contributed by atoms with Gasteiger partial charge in [-0.15, -0.1) is 0 Å². The van der Waals surface area contributed by atoms with E-state index in [0.717, 1.165) is 11.7 Å². The molecule has 1 unspecified atom stereocenters. The Hall–Kier alpha value is -1.05. The fourth-order valence-corrected chi connectivity index (χ4v) is 1.64. The van der Waals surface area contributed by atoms with Gasteiger partial charge in [0.15, 0.2) is 0 Å². The van der Waals surface area contributed by atoms with Gasteiger partial charge in [0, 0.05) is 12.2 Å². The van der Waals surface area contributed by atoms with Gasteiger partial charge in [-0.2, -0.15) is 0 Å². The molecule has 0 aliphatic rings. The van der Waals surface area contributed by atoms with E-state index in [2.05, 4.69) is 44.1 Å². The first kappa shape index (κ1) is 11.0. The van der Waals surface area contributed by atoms with Gasteiger partial charge in [0.05, 0.1) is 0 Å². The third-order valence-electron chi connectivity index (χ3n) is 2.22. The van der Waals surface area contributed by atoms with Crippen LogP contribution < -0.4 is 5.32 Å². The topological polar surface area (TPSA) is 24.9 Å². The summed E-state index contributed by atoms with van der Waals surface area (Å²) in [6.07, 6.45) is 3.01. The predicted octanol–water partition coefficient (Wildman–Crippen LogP) is 3.24. The number of rotatable bonds is 4. The zero-order valence-corrected chi connectivity index (χ0v) is 9.54. The molecule has 1 rings (SSSR count). The Bertz CT molecular complexity index is 281. The number of hydrogen-bond acceptors (Lipinski definition) is 2. The zero-order chi connectivity index (χ0) is 10.6. The highest BCUT2D eigenvalue weighted by Gasteiger charge is 2.06. The molecule has 2 heteroatoms. The number of nitrogens with zero attached hydrogens (tertiary/aromatic N) is 1. The summed E-state index contributed by atoms with van der Waals surface area (Å²) in [7, 11) is 0. The molecule has 14 heavy (non-hydrogen) atoms. The van der Waals surface area contributed by atoms with E-state index in [4.69, 9.17) is 0 Å². The van der Waals surface area contributed by atoms with E-state index in [9.17, 15) is 0 Å². The van der Waals surface area contributed by atoms with Crippen LogP contribution in [0.1, 0.15) is 32.8 Å². The molecule has 1 atom stereocenters. The Balaban J connectivity index is 2.56. The quantitative estimate of drug-likeness (QED) is 0.792. The van der Waals surface area contributed by atoms with Gasteiger partial charge in [0.2, 0.25) is 0 Å². The number of pyridine rings is 1. The molecule has 0 saturated carbocycles. The largest absolute Gasteiger partial charge is 0.367 e. The van der Waals surface area contributed by atoms with Crippen molar-refractivity contribution < 1.29 is 0 Å². The summed E-state index contributed by atoms with van der Waals surface area (Å²) in [5.74, 6) is 1.74. The average molecular weight is 192 g/mol. The first-order chi connectivity index (χ1) is 6.59. The maximum Gasteiger partial charge on any atom is 0.129 e. The molecule has 0 fully saturated rings. The summed E-state index contributed by atoms with van der Waals surface area (Å²) in [6, 6.07) is 4.54. The summed E-state index contributed by atoms with van der Waals surface area (Å²) in [4.78, 5) is 4.31. The molecule has 1 N–H and O–H groups in total. The highest BCUT2D eigenvalue weighted by atomic mass is 15.0. The molecule has 78 valence electrons. The molecular formula is C12H20N2. The van der Waals surface area contributed by atoms with Gasteiger partial charge in [-0.25, -0.2) is 4.98 Å². The molecule has 0 bridgehead atoms. The summed E-state index contributed by atoms with van der Waals surface area (Å²) in [5.41, 5.74) is 1.21. The minimum absolute atomic E-state index is 0.489. The van der Waals surface area contributed by atoms with Crippen molar-refractivity contribution in [3.63, 3.8) is 0 Å². The molecule has 1 aromatic rings. The number of nitrogens with one attached hydrogen (secondary N) is 1. The van der Waals surface area contributed by atoms with Crippen LogP contribution in [0.25, 0.3) is 0 Å². The predicted molar refractivity (Wildman–Crippen MR) is 61.5 cm³/mol. The van der Waals surface area contributed by atoms with Gasteiger partial charge in [0.1, 0.15) is 5.82 Å². The second-order valence-electron chi connectivity index (χ2n) is 4.34. The Labute approximate surface area is 86.8 Å². The second-order valence-corrected chi connectivity index (χ2v) is 4.34. The fraction of sp³-hybridized carbons (Fsp3) is 0.583. The molecule has 0 aliphatic heterocycles. The van der Waals surface area contributed by atoms with E-state index in [1.807, 2.05) is 12.3 Å². The molecule has 0 amide bonds. The molecular weight excluding hydrogens is 172 g/mol. The van der Waals surface area contributed by atoms with Gasteiger partial charge in [-0.05, 0) is 37.8 Å². The number of aryl methyl sites for hydroxylation is 1. The lowest BCUT2D eigenvalue weighted by molar-refractivity contribution is 0.538. The lowest BCUT2D eigenvalue weighted by atomic mass is 10.1. The van der Waals surface area contributed by atoms with Crippen LogP contribution in [-0.2, 0) is 0 Å². The van der Waals surface area contributed by atoms with E-state index in [0.29, 0.717) is 6.04 Å². The van der Waals surface area contributed by atoms with E-state index < -0.39 is 0 Å². The molecule has 2 nitrogen and oxygen atoms in total. The second kappa shape index (κ2) is 4.99. The van der Waals surface area contributed by atoms with Crippen LogP contribution in [0, 0.1) is 12.8 Å². The van der Waals surface area contributed by atoms with Gasteiger partial charge < -0.3 is 5.32 Å². The van der Waals surface area contributed by atoms with Gasteiger partial charge in [0.25, 0.3) is 0 Å². The molecule has 0 radical (unpaired) electrons. The Morgan fingerprint density at radius 2 is 2.07 bits per heavy atom. The summed E-state index contributed by atoms with van der Waals surface area (Å²) >= 11 is 0. The van der Waals surface area contributed by atoms with Gasteiger partial charge in [-0.1, -0.05) is 19.9 Å². The van der Waals surface area contributed by atoms with Crippen molar-refractivity contribution >= 4 is 5.82 Å². The third kappa shape index (κ3) is 3.36. The van der Waals surface area contributed by atoms with Crippen molar-refractivity contribution in [2.24, 2.45) is 5.92 Å². The Morgan fingerprint density at radius 1 is 1.36 bits per heavy atom. The van der Waals surface area contributed by atoms with Crippen molar-refractivity contribution in [1.82, 2.24) is 4.98 Å². The first-order valence-electron chi connectivity index (χ1n) is 5.27. The average Bonchev–Trinajstić information content (AvgIpc) is 2.07. The maximum absolute atomic E-state index is 4.31. The highest BCUT2D eigenvalue weighted by molar-refractivity contribution is 5.43. The molecule has 1 aromatic heterocycles. The monoisotopic (exact) mass is 192 g/mol. The third-order valence-corrected chi connectivity index (χ3v) is 2.22. The van der Waals surface area contributed by atoms with Crippen molar-refractivity contribution in [2.45, 2.75) is 40.2 Å². The lowest BCUT2D eigenvalue weighted by Gasteiger charge is -2.17. The number of hydrogen-bond donors (Lipinski definition) is 1. The SMILES string of the molecule is Cc1cccnc1NC(C)CC(C)C. The standard InChI is InChI=1S/C12H20N2/c1-9(2)8-11(4)14-12-10(3)6-5-7-13-12/h5-7,9,11H,8H2,1-4H3,(H,13,14). The van der Waals surface area contributed by atoms with E-state index in [1.165, 1.54) is 12.0 Å². The van der Waals surface area contributed by atoms with Crippen LogP contribution >= 0.6 is 0 Å². The summed E-state index contributed by atoms with van der Waals surface area (Å²) in [6.45, 7) is 8.76. The molecule has 0 spiro atoms. The van der Waals surface area contributed by atoms with Crippen LogP contribution in [0.4, 0.5) is 5.82 Å². The minimum atomic E-state index is 0.489. The number of anilines is 1. The van der Waals surface area contributed by atoms with Crippen LogP contribution in [0.15, 0.2) is 18.3 Å². The van der Waals surface area contributed by atoms with Crippen LogP contribution in [-0.4, -0.2) is 11.0 Å². The molecule has 0 aliphatic carbocycles. The molecule has 1 heterocycles. The van der Waals surface area contributed by atoms with E-state index >= 15 is 0 Å². The van der Waals surface area contributed by atoms with Gasteiger partial charge in [-0.3, -0.25) is 0 Å². The molecule has 0 saturated heterocycles. The first-order valence-corrected chi connectivity index (χ1v) is 5.27. The molecule has 0 aromatic carbocycles. The van der Waals surface area contributed by atoms with Crippen molar-refractivity contribution in [1.29, 1.82) is 0 Å². The van der Waals surface area contributed by atoms with Crippen molar-refractivity contribution in [2.75, 3.05) is 5.32 Å². The Kier molecular flexibility index (Phi) is 3.93.